The van der Waals surface area contributed by atoms with Crippen molar-refractivity contribution in [2.75, 3.05) is 5.32 Å². The first-order chi connectivity index (χ1) is 8.97. The summed E-state index contributed by atoms with van der Waals surface area (Å²) in [6.45, 7) is 0. The number of hydrogen-bond acceptors (Lipinski definition) is 1. The van der Waals surface area contributed by atoms with Crippen molar-refractivity contribution in [3.05, 3.63) is 63.7 Å². The SMILES string of the molecule is FC(F)(F)C(Nc1cccc(I)c1)c1ccccc1. The van der Waals surface area contributed by atoms with Crippen molar-refractivity contribution in [1.29, 1.82) is 0 Å². The fraction of sp³-hybridized carbons (Fsp3) is 0.143. The molecule has 0 aliphatic heterocycles. The molecule has 0 saturated heterocycles. The molecule has 0 radical (unpaired) electrons. The van der Waals surface area contributed by atoms with Crippen LogP contribution < -0.4 is 5.32 Å². The van der Waals surface area contributed by atoms with E-state index in [1.165, 1.54) is 12.1 Å². The van der Waals surface area contributed by atoms with Crippen LogP contribution in [0.2, 0.25) is 0 Å². The molecule has 19 heavy (non-hydrogen) atoms. The van der Waals surface area contributed by atoms with Crippen LogP contribution >= 0.6 is 22.6 Å². The highest BCUT2D eigenvalue weighted by Gasteiger charge is 2.40. The molecule has 0 spiro atoms. The Labute approximate surface area is 123 Å². The predicted octanol–water partition coefficient (Wildman–Crippen LogP) is 5.01. The van der Waals surface area contributed by atoms with E-state index in [0.29, 0.717) is 5.69 Å². The van der Waals surface area contributed by atoms with Gasteiger partial charge in [0.1, 0.15) is 6.04 Å². The Morgan fingerprint density at radius 3 is 2.21 bits per heavy atom. The molecule has 0 fully saturated rings. The van der Waals surface area contributed by atoms with Crippen molar-refractivity contribution in [2.45, 2.75) is 12.2 Å². The molecule has 100 valence electrons. The lowest BCUT2D eigenvalue weighted by atomic mass is 10.1. The van der Waals surface area contributed by atoms with Crippen LogP contribution in [0.1, 0.15) is 11.6 Å². The maximum atomic E-state index is 13.1. The van der Waals surface area contributed by atoms with Crippen LogP contribution in [0.25, 0.3) is 0 Å². The monoisotopic (exact) mass is 377 g/mol. The first kappa shape index (κ1) is 14.2. The Balaban J connectivity index is 2.30. The van der Waals surface area contributed by atoms with Crippen molar-refractivity contribution < 1.29 is 13.2 Å². The molecule has 2 rings (SSSR count). The van der Waals surface area contributed by atoms with Gasteiger partial charge in [-0.2, -0.15) is 13.2 Å². The summed E-state index contributed by atoms with van der Waals surface area (Å²) in [5.41, 5.74) is 0.659. The van der Waals surface area contributed by atoms with Crippen LogP contribution in [0, 0.1) is 3.57 Å². The zero-order valence-electron chi connectivity index (χ0n) is 9.79. The van der Waals surface area contributed by atoms with Gasteiger partial charge in [0.05, 0.1) is 0 Å². The number of halogens is 4. The molecule has 1 atom stereocenters. The van der Waals surface area contributed by atoms with Gasteiger partial charge in [0.15, 0.2) is 0 Å². The summed E-state index contributed by atoms with van der Waals surface area (Å²) in [6, 6.07) is 13.0. The number of anilines is 1. The van der Waals surface area contributed by atoms with Crippen molar-refractivity contribution in [2.24, 2.45) is 0 Å². The minimum atomic E-state index is -4.34. The summed E-state index contributed by atoms with van der Waals surface area (Å²) in [7, 11) is 0. The van der Waals surface area contributed by atoms with Crippen molar-refractivity contribution in [3.8, 4) is 0 Å². The lowest BCUT2D eigenvalue weighted by Gasteiger charge is -2.23. The number of nitrogens with one attached hydrogen (secondary N) is 1. The first-order valence-corrected chi connectivity index (χ1v) is 6.68. The molecule has 0 amide bonds. The molecule has 0 aliphatic rings. The highest BCUT2D eigenvalue weighted by Crippen LogP contribution is 2.35. The van der Waals surface area contributed by atoms with Gasteiger partial charge < -0.3 is 5.32 Å². The normalized spacial score (nSPS) is 13.1. The van der Waals surface area contributed by atoms with Crippen molar-refractivity contribution in [3.63, 3.8) is 0 Å². The molecular weight excluding hydrogens is 366 g/mol. The third-order valence-electron chi connectivity index (χ3n) is 2.60. The minimum absolute atomic E-state index is 0.203. The van der Waals surface area contributed by atoms with E-state index < -0.39 is 12.2 Å². The average molecular weight is 377 g/mol. The summed E-state index contributed by atoms with van der Waals surface area (Å²) in [5, 5.41) is 2.55. The highest BCUT2D eigenvalue weighted by atomic mass is 127. The Morgan fingerprint density at radius 1 is 0.947 bits per heavy atom. The van der Waals surface area contributed by atoms with Gasteiger partial charge in [-0.25, -0.2) is 0 Å². The summed E-state index contributed by atoms with van der Waals surface area (Å²) >= 11 is 2.07. The molecule has 0 bridgehead atoms. The molecule has 0 aliphatic carbocycles. The highest BCUT2D eigenvalue weighted by molar-refractivity contribution is 14.1. The fourth-order valence-corrected chi connectivity index (χ4v) is 2.29. The van der Waals surface area contributed by atoms with Gasteiger partial charge in [0.25, 0.3) is 0 Å². The molecule has 2 aromatic rings. The van der Waals surface area contributed by atoms with Gasteiger partial charge >= 0.3 is 6.18 Å². The van der Waals surface area contributed by atoms with Crippen LogP contribution in [-0.2, 0) is 0 Å². The Hall–Kier alpha value is -1.24. The number of rotatable bonds is 3. The summed E-state index contributed by atoms with van der Waals surface area (Å²) < 4.78 is 40.3. The predicted molar refractivity (Wildman–Crippen MR) is 78.0 cm³/mol. The number of hydrogen-bond donors (Lipinski definition) is 1. The second kappa shape index (κ2) is 5.81. The zero-order chi connectivity index (χ0) is 13.9. The summed E-state index contributed by atoms with van der Waals surface area (Å²) in [4.78, 5) is 0. The smallest absolute Gasteiger partial charge is 0.370 e. The van der Waals surface area contributed by atoms with Gasteiger partial charge in [0.2, 0.25) is 0 Å². The molecule has 0 aromatic heterocycles. The quantitative estimate of drug-likeness (QED) is 0.742. The van der Waals surface area contributed by atoms with Crippen LogP contribution in [0.15, 0.2) is 54.6 Å². The largest absolute Gasteiger partial charge is 0.412 e. The van der Waals surface area contributed by atoms with E-state index in [0.717, 1.165) is 3.57 Å². The molecule has 1 unspecified atom stereocenters. The van der Waals surface area contributed by atoms with E-state index in [1.54, 1.807) is 36.4 Å². The van der Waals surface area contributed by atoms with Gasteiger partial charge in [-0.3, -0.25) is 0 Å². The second-order valence-electron chi connectivity index (χ2n) is 4.04. The van der Waals surface area contributed by atoms with Gasteiger partial charge in [-0.05, 0) is 46.4 Å². The summed E-state index contributed by atoms with van der Waals surface area (Å²) in [5.74, 6) is 0. The maximum absolute atomic E-state index is 13.1. The lowest BCUT2D eigenvalue weighted by molar-refractivity contribution is -0.144. The van der Waals surface area contributed by atoms with Gasteiger partial charge in [-0.15, -0.1) is 0 Å². The minimum Gasteiger partial charge on any atom is -0.370 e. The van der Waals surface area contributed by atoms with Crippen molar-refractivity contribution >= 4 is 28.3 Å². The molecule has 1 N–H and O–H groups in total. The van der Waals surface area contributed by atoms with Crippen LogP contribution in [-0.4, -0.2) is 6.18 Å². The number of alkyl halides is 3. The molecule has 2 aromatic carbocycles. The zero-order valence-corrected chi connectivity index (χ0v) is 11.9. The van der Waals surface area contributed by atoms with Gasteiger partial charge in [-0.1, -0.05) is 36.4 Å². The van der Waals surface area contributed by atoms with E-state index in [1.807, 2.05) is 6.07 Å². The second-order valence-corrected chi connectivity index (χ2v) is 5.29. The fourth-order valence-electron chi connectivity index (χ4n) is 1.74. The molecular formula is C14H11F3IN. The summed E-state index contributed by atoms with van der Waals surface area (Å²) in [6.07, 6.45) is -4.34. The molecule has 0 heterocycles. The van der Waals surface area contributed by atoms with E-state index in [-0.39, 0.29) is 5.56 Å². The van der Waals surface area contributed by atoms with E-state index >= 15 is 0 Å². The first-order valence-electron chi connectivity index (χ1n) is 5.60. The van der Waals surface area contributed by atoms with E-state index in [9.17, 15) is 13.2 Å². The maximum Gasteiger partial charge on any atom is 0.412 e. The standard InChI is InChI=1S/C14H11F3IN/c15-14(16,17)13(10-5-2-1-3-6-10)19-12-8-4-7-11(18)9-12/h1-9,13,19H. The third kappa shape index (κ3) is 3.86. The number of benzene rings is 2. The van der Waals surface area contributed by atoms with Crippen molar-refractivity contribution in [1.82, 2.24) is 0 Å². The van der Waals surface area contributed by atoms with Gasteiger partial charge in [0, 0.05) is 9.26 Å². The van der Waals surface area contributed by atoms with Crippen LogP contribution in [0.3, 0.4) is 0 Å². The molecule has 1 nitrogen and oxygen atoms in total. The average Bonchev–Trinajstić information content (AvgIpc) is 2.36. The Kier molecular flexibility index (Phi) is 4.34. The Morgan fingerprint density at radius 2 is 1.63 bits per heavy atom. The van der Waals surface area contributed by atoms with Crippen LogP contribution in [0.5, 0.6) is 0 Å². The van der Waals surface area contributed by atoms with E-state index in [4.69, 9.17) is 0 Å². The third-order valence-corrected chi connectivity index (χ3v) is 3.27. The Bertz CT molecular complexity index is 540. The molecule has 5 heteroatoms. The topological polar surface area (TPSA) is 12.0 Å². The van der Waals surface area contributed by atoms with Crippen LogP contribution in [0.4, 0.5) is 18.9 Å². The molecule has 0 saturated carbocycles. The van der Waals surface area contributed by atoms with E-state index in [2.05, 4.69) is 27.9 Å². The lowest BCUT2D eigenvalue weighted by Crippen LogP contribution is -2.27.